The van der Waals surface area contributed by atoms with Crippen molar-refractivity contribution in [3.63, 3.8) is 0 Å². The van der Waals surface area contributed by atoms with Crippen LogP contribution in [-0.2, 0) is 14.8 Å². The summed E-state index contributed by atoms with van der Waals surface area (Å²) < 4.78 is 40.3. The van der Waals surface area contributed by atoms with Crippen LogP contribution < -0.4 is 19.1 Å². The number of ether oxygens (including phenoxy) is 2. The number of rotatable bonds is 9. The van der Waals surface area contributed by atoms with E-state index < -0.39 is 21.5 Å². The van der Waals surface area contributed by atoms with Crippen molar-refractivity contribution in [1.82, 2.24) is 5.32 Å². The maximum Gasteiger partial charge on any atom is 0.264 e. The van der Waals surface area contributed by atoms with Crippen LogP contribution in [-0.4, -0.2) is 33.6 Å². The largest absolute Gasteiger partial charge is 0.497 e. The fourth-order valence-electron chi connectivity index (χ4n) is 4.72. The maximum absolute atomic E-state index is 13.8. The second kappa shape index (κ2) is 10.8. The highest BCUT2D eigenvalue weighted by Crippen LogP contribution is 2.42. The van der Waals surface area contributed by atoms with E-state index in [4.69, 9.17) is 9.47 Å². The van der Waals surface area contributed by atoms with Gasteiger partial charge in [0.25, 0.3) is 10.0 Å². The Morgan fingerprint density at radius 3 is 2.43 bits per heavy atom. The summed E-state index contributed by atoms with van der Waals surface area (Å²) in [5.74, 6) is 0.844. The Bertz CT molecular complexity index is 1350. The number of nitrogens with zero attached hydrogens (tertiary/aromatic N) is 1. The molecule has 1 aliphatic heterocycles. The minimum Gasteiger partial charge on any atom is -0.497 e. The summed E-state index contributed by atoms with van der Waals surface area (Å²) in [5, 5.41) is 3.10. The van der Waals surface area contributed by atoms with Gasteiger partial charge in [0.2, 0.25) is 5.91 Å². The van der Waals surface area contributed by atoms with Gasteiger partial charge in [0, 0.05) is 18.1 Å². The summed E-state index contributed by atoms with van der Waals surface area (Å²) in [5.41, 5.74) is 1.78. The van der Waals surface area contributed by atoms with Crippen LogP contribution in [0.1, 0.15) is 50.3 Å². The molecule has 0 spiro atoms. The van der Waals surface area contributed by atoms with Crippen LogP contribution in [0.2, 0.25) is 0 Å². The molecule has 0 saturated heterocycles. The second-order valence-electron chi connectivity index (χ2n) is 9.38. The Morgan fingerprint density at radius 1 is 1.05 bits per heavy atom. The van der Waals surface area contributed by atoms with Crippen molar-refractivity contribution >= 4 is 21.6 Å². The lowest BCUT2D eigenvalue weighted by molar-refractivity contribution is -0.121. The maximum atomic E-state index is 13.8. The lowest BCUT2D eigenvalue weighted by Crippen LogP contribution is -2.47. The van der Waals surface area contributed by atoms with Gasteiger partial charge in [-0.2, -0.15) is 0 Å². The first-order valence-corrected chi connectivity index (χ1v) is 14.0. The van der Waals surface area contributed by atoms with Crippen LogP contribution in [0.3, 0.4) is 0 Å². The number of aryl methyl sites for hydroxylation is 1. The van der Waals surface area contributed by atoms with Gasteiger partial charge < -0.3 is 14.8 Å². The number of benzene rings is 3. The van der Waals surface area contributed by atoms with E-state index in [1.807, 2.05) is 31.2 Å². The first-order chi connectivity index (χ1) is 17.7. The molecule has 3 aromatic carbocycles. The lowest BCUT2D eigenvalue weighted by atomic mass is 9.83. The quantitative estimate of drug-likeness (QED) is 0.407. The number of nitrogens with one attached hydrogen (secondary N) is 1. The van der Waals surface area contributed by atoms with E-state index in [1.54, 1.807) is 48.5 Å². The highest BCUT2D eigenvalue weighted by molar-refractivity contribution is 7.92. The molecule has 3 aromatic rings. The molecule has 8 heteroatoms. The van der Waals surface area contributed by atoms with Crippen molar-refractivity contribution in [3.05, 3.63) is 83.9 Å². The number of para-hydroxylation sites is 1. The second-order valence-corrected chi connectivity index (χ2v) is 11.2. The van der Waals surface area contributed by atoms with Gasteiger partial charge >= 0.3 is 0 Å². The van der Waals surface area contributed by atoms with Gasteiger partial charge in [-0.1, -0.05) is 55.8 Å². The van der Waals surface area contributed by atoms with Crippen LogP contribution in [0, 0.1) is 6.92 Å². The molecule has 1 amide bonds. The van der Waals surface area contributed by atoms with E-state index in [1.165, 1.54) is 7.11 Å². The third-order valence-corrected chi connectivity index (χ3v) is 8.85. The molecule has 0 saturated carbocycles. The Morgan fingerprint density at radius 2 is 1.76 bits per heavy atom. The van der Waals surface area contributed by atoms with Crippen LogP contribution in [0.5, 0.6) is 11.5 Å². The highest BCUT2D eigenvalue weighted by Gasteiger charge is 2.39. The van der Waals surface area contributed by atoms with E-state index in [-0.39, 0.29) is 17.5 Å². The molecule has 4 rings (SSSR count). The van der Waals surface area contributed by atoms with Crippen LogP contribution >= 0.6 is 0 Å². The Kier molecular flexibility index (Phi) is 7.78. The summed E-state index contributed by atoms with van der Waals surface area (Å²) in [7, 11) is -2.52. The number of carbonyl (C=O) groups excluding carboxylic acids is 1. The monoisotopic (exact) mass is 522 g/mol. The number of anilines is 1. The molecule has 7 nitrogen and oxygen atoms in total. The van der Waals surface area contributed by atoms with Gasteiger partial charge in [-0.05, 0) is 50.1 Å². The fourth-order valence-corrected chi connectivity index (χ4v) is 6.13. The molecule has 0 radical (unpaired) electrons. The Labute approximate surface area is 219 Å². The SMILES string of the molecule is CCC1(CC)C[C@@H](NC(=O)CN(c2cccc(OC)c2)S(=O)(=O)c2ccc(C)cc2)c2ccccc2O1. The Hall–Kier alpha value is -3.52. The Balaban J connectivity index is 1.67. The normalized spacial score (nSPS) is 16.3. The third kappa shape index (κ3) is 5.59. The lowest BCUT2D eigenvalue weighted by Gasteiger charge is -2.41. The predicted molar refractivity (Wildman–Crippen MR) is 145 cm³/mol. The summed E-state index contributed by atoms with van der Waals surface area (Å²) in [4.78, 5) is 13.6. The van der Waals surface area contributed by atoms with Crippen LogP contribution in [0.4, 0.5) is 5.69 Å². The summed E-state index contributed by atoms with van der Waals surface area (Å²) >= 11 is 0. The molecule has 1 heterocycles. The number of carbonyl (C=O) groups is 1. The van der Waals surface area contributed by atoms with E-state index in [0.717, 1.165) is 34.0 Å². The summed E-state index contributed by atoms with van der Waals surface area (Å²) in [6.45, 7) is 5.67. The van der Waals surface area contributed by atoms with Crippen molar-refractivity contribution in [1.29, 1.82) is 0 Å². The van der Waals surface area contributed by atoms with Crippen LogP contribution in [0.25, 0.3) is 0 Å². The van der Waals surface area contributed by atoms with Crippen molar-refractivity contribution < 1.29 is 22.7 Å². The molecule has 1 N–H and O–H groups in total. The molecule has 0 aliphatic carbocycles. The molecule has 196 valence electrons. The van der Waals surface area contributed by atoms with Crippen molar-refractivity contribution in [2.45, 2.75) is 56.6 Å². The van der Waals surface area contributed by atoms with Gasteiger partial charge in [0.05, 0.1) is 23.7 Å². The highest BCUT2D eigenvalue weighted by atomic mass is 32.2. The first-order valence-electron chi connectivity index (χ1n) is 12.5. The molecule has 1 aliphatic rings. The zero-order valence-corrected chi connectivity index (χ0v) is 22.5. The van der Waals surface area contributed by atoms with Gasteiger partial charge in [-0.25, -0.2) is 8.42 Å². The molecular formula is C29H34N2O5S. The zero-order valence-electron chi connectivity index (χ0n) is 21.7. The van der Waals surface area contributed by atoms with E-state index >= 15 is 0 Å². The van der Waals surface area contributed by atoms with Gasteiger partial charge in [-0.15, -0.1) is 0 Å². The number of methoxy groups -OCH3 is 1. The van der Waals surface area contributed by atoms with Crippen LogP contribution in [0.15, 0.2) is 77.7 Å². The third-order valence-electron chi connectivity index (χ3n) is 7.06. The molecular weight excluding hydrogens is 488 g/mol. The average molecular weight is 523 g/mol. The minimum absolute atomic E-state index is 0.112. The minimum atomic E-state index is -4.03. The number of hydrogen-bond donors (Lipinski definition) is 1. The summed E-state index contributed by atoms with van der Waals surface area (Å²) in [6.07, 6.45) is 2.19. The van der Waals surface area contributed by atoms with Crippen molar-refractivity contribution in [2.24, 2.45) is 0 Å². The average Bonchev–Trinajstić information content (AvgIpc) is 2.91. The molecule has 0 unspecified atom stereocenters. The summed E-state index contributed by atoms with van der Waals surface area (Å²) in [6, 6.07) is 20.7. The molecule has 0 bridgehead atoms. The van der Waals surface area contributed by atoms with E-state index in [0.29, 0.717) is 17.9 Å². The standard InChI is InChI=1S/C29H34N2O5S/c1-5-29(6-2)19-26(25-12-7-8-13-27(25)36-29)30-28(32)20-31(22-10-9-11-23(18-22)35-4)37(33,34)24-16-14-21(3)15-17-24/h7-18,26H,5-6,19-20H2,1-4H3,(H,30,32)/t26-/m1/s1. The molecule has 1 atom stereocenters. The smallest absolute Gasteiger partial charge is 0.264 e. The zero-order chi connectivity index (χ0) is 26.6. The number of amides is 1. The molecule has 37 heavy (non-hydrogen) atoms. The van der Waals surface area contributed by atoms with Gasteiger partial charge in [0.1, 0.15) is 23.6 Å². The van der Waals surface area contributed by atoms with Crippen molar-refractivity contribution in [2.75, 3.05) is 18.0 Å². The molecule has 0 aromatic heterocycles. The first kappa shape index (κ1) is 26.5. The van der Waals surface area contributed by atoms with E-state index in [9.17, 15) is 13.2 Å². The van der Waals surface area contributed by atoms with Gasteiger partial charge in [0.15, 0.2) is 0 Å². The fraction of sp³-hybridized carbons (Fsp3) is 0.345. The molecule has 0 fully saturated rings. The van der Waals surface area contributed by atoms with Gasteiger partial charge in [-0.3, -0.25) is 9.10 Å². The topological polar surface area (TPSA) is 84.9 Å². The number of fused-ring (bicyclic) bond motifs is 1. The van der Waals surface area contributed by atoms with Crippen molar-refractivity contribution in [3.8, 4) is 11.5 Å². The number of hydrogen-bond acceptors (Lipinski definition) is 5. The van der Waals surface area contributed by atoms with E-state index in [2.05, 4.69) is 19.2 Å². The number of sulfonamides is 1. The predicted octanol–water partition coefficient (Wildman–Crippen LogP) is 5.40.